The molecule has 3 heteroatoms. The van der Waals surface area contributed by atoms with E-state index in [-0.39, 0.29) is 11.7 Å². The van der Waals surface area contributed by atoms with Crippen LogP contribution >= 0.6 is 0 Å². The molecular weight excluding hydrogens is 190 g/mol. The highest BCUT2D eigenvalue weighted by Crippen LogP contribution is 2.13. The molecule has 1 atom stereocenters. The number of hydrogen-bond donors (Lipinski definition) is 1. The van der Waals surface area contributed by atoms with Gasteiger partial charge >= 0.3 is 0 Å². The molecule has 0 spiro atoms. The molecule has 0 fully saturated rings. The monoisotopic (exact) mass is 217 g/mol. The Balaban J connectivity index is 3.67. The van der Waals surface area contributed by atoms with Crippen LogP contribution in [0, 0.1) is 0 Å². The number of ether oxygens (including phenoxy) is 2. The Hall–Kier alpha value is -0.120. The van der Waals surface area contributed by atoms with Crippen molar-refractivity contribution < 1.29 is 9.47 Å². The molecule has 0 aliphatic carbocycles. The zero-order valence-electron chi connectivity index (χ0n) is 10.9. The predicted octanol–water partition coefficient (Wildman–Crippen LogP) is 2.21. The van der Waals surface area contributed by atoms with Gasteiger partial charge in [0, 0.05) is 6.54 Å². The second-order valence-corrected chi connectivity index (χ2v) is 4.35. The minimum Gasteiger partial charge on any atom is -0.376 e. The molecule has 0 bridgehead atoms. The van der Waals surface area contributed by atoms with E-state index in [1.807, 2.05) is 13.8 Å². The van der Waals surface area contributed by atoms with E-state index in [1.54, 1.807) is 0 Å². The van der Waals surface area contributed by atoms with E-state index >= 15 is 0 Å². The lowest BCUT2D eigenvalue weighted by Gasteiger charge is -2.29. The molecule has 0 saturated heterocycles. The summed E-state index contributed by atoms with van der Waals surface area (Å²) >= 11 is 0. The Bertz CT molecular complexity index is 151. The van der Waals surface area contributed by atoms with Gasteiger partial charge in [0.05, 0.1) is 24.9 Å². The standard InChI is InChI=1S/C12H27NO2/c1-6-12(5,10-13-7-2)15-9-8-14-11(3)4/h11,13H,6-10H2,1-5H3. The van der Waals surface area contributed by atoms with Crippen molar-refractivity contribution >= 4 is 0 Å². The summed E-state index contributed by atoms with van der Waals surface area (Å²) in [5.41, 5.74) is -0.0592. The maximum absolute atomic E-state index is 5.84. The fourth-order valence-corrected chi connectivity index (χ4v) is 1.24. The van der Waals surface area contributed by atoms with E-state index in [0.717, 1.165) is 19.5 Å². The predicted molar refractivity (Wildman–Crippen MR) is 64.3 cm³/mol. The molecule has 0 rings (SSSR count). The maximum Gasteiger partial charge on any atom is 0.0776 e. The zero-order valence-corrected chi connectivity index (χ0v) is 10.9. The van der Waals surface area contributed by atoms with Gasteiger partial charge in [-0.25, -0.2) is 0 Å². The highest BCUT2D eigenvalue weighted by atomic mass is 16.5. The molecule has 1 unspecified atom stereocenters. The molecule has 0 aliphatic heterocycles. The third kappa shape index (κ3) is 7.77. The highest BCUT2D eigenvalue weighted by molar-refractivity contribution is 4.75. The molecule has 0 aromatic heterocycles. The third-order valence-corrected chi connectivity index (χ3v) is 2.48. The first-order chi connectivity index (χ1) is 7.04. The molecule has 0 aromatic carbocycles. The normalized spacial score (nSPS) is 15.6. The third-order valence-electron chi connectivity index (χ3n) is 2.48. The molecule has 3 nitrogen and oxygen atoms in total. The summed E-state index contributed by atoms with van der Waals surface area (Å²) in [5.74, 6) is 0. The van der Waals surface area contributed by atoms with Crippen molar-refractivity contribution in [3.63, 3.8) is 0 Å². The summed E-state index contributed by atoms with van der Waals surface area (Å²) < 4.78 is 11.3. The summed E-state index contributed by atoms with van der Waals surface area (Å²) in [6.45, 7) is 13.7. The van der Waals surface area contributed by atoms with Crippen LogP contribution in [0.4, 0.5) is 0 Å². The van der Waals surface area contributed by atoms with Crippen LogP contribution < -0.4 is 5.32 Å². The molecule has 0 radical (unpaired) electrons. The number of rotatable bonds is 9. The first kappa shape index (κ1) is 14.9. The first-order valence-electron chi connectivity index (χ1n) is 6.00. The van der Waals surface area contributed by atoms with Crippen LogP contribution in [0.2, 0.25) is 0 Å². The second-order valence-electron chi connectivity index (χ2n) is 4.35. The van der Waals surface area contributed by atoms with Gasteiger partial charge in [0.2, 0.25) is 0 Å². The molecule has 0 heterocycles. The first-order valence-corrected chi connectivity index (χ1v) is 6.00. The Morgan fingerprint density at radius 3 is 2.33 bits per heavy atom. The minimum atomic E-state index is -0.0592. The van der Waals surface area contributed by atoms with Gasteiger partial charge < -0.3 is 14.8 Å². The van der Waals surface area contributed by atoms with Crippen molar-refractivity contribution in [2.24, 2.45) is 0 Å². The number of nitrogens with one attached hydrogen (secondary N) is 1. The smallest absolute Gasteiger partial charge is 0.0776 e. The van der Waals surface area contributed by atoms with Crippen molar-refractivity contribution in [2.45, 2.75) is 52.7 Å². The van der Waals surface area contributed by atoms with Crippen molar-refractivity contribution in [1.29, 1.82) is 0 Å². The lowest BCUT2D eigenvalue weighted by Crippen LogP contribution is -2.40. The van der Waals surface area contributed by atoms with Gasteiger partial charge in [0.25, 0.3) is 0 Å². The lowest BCUT2D eigenvalue weighted by molar-refractivity contribution is -0.0653. The summed E-state index contributed by atoms with van der Waals surface area (Å²) in [6.07, 6.45) is 1.30. The van der Waals surface area contributed by atoms with E-state index in [1.165, 1.54) is 0 Å². The largest absolute Gasteiger partial charge is 0.376 e. The average molecular weight is 217 g/mol. The van der Waals surface area contributed by atoms with Crippen molar-refractivity contribution in [2.75, 3.05) is 26.3 Å². The molecule has 0 saturated carbocycles. The van der Waals surface area contributed by atoms with Gasteiger partial charge in [-0.2, -0.15) is 0 Å². The second kappa shape index (κ2) is 8.08. The van der Waals surface area contributed by atoms with E-state index in [9.17, 15) is 0 Å². The van der Waals surface area contributed by atoms with Crippen LogP contribution in [0.1, 0.15) is 41.0 Å². The Morgan fingerprint density at radius 2 is 1.87 bits per heavy atom. The van der Waals surface area contributed by atoms with Crippen LogP contribution in [-0.4, -0.2) is 38.0 Å². The maximum atomic E-state index is 5.84. The summed E-state index contributed by atoms with van der Waals surface area (Å²) in [6, 6.07) is 0. The molecule has 92 valence electrons. The fourth-order valence-electron chi connectivity index (χ4n) is 1.24. The van der Waals surface area contributed by atoms with Crippen molar-refractivity contribution in [3.05, 3.63) is 0 Å². The van der Waals surface area contributed by atoms with Crippen LogP contribution in [0.3, 0.4) is 0 Å². The fraction of sp³-hybridized carbons (Fsp3) is 1.00. The Kier molecular flexibility index (Phi) is 8.02. The summed E-state index contributed by atoms with van der Waals surface area (Å²) in [5, 5.41) is 3.32. The summed E-state index contributed by atoms with van der Waals surface area (Å²) in [7, 11) is 0. The van der Waals surface area contributed by atoms with Crippen LogP contribution in [0.25, 0.3) is 0 Å². The quantitative estimate of drug-likeness (QED) is 0.601. The van der Waals surface area contributed by atoms with Crippen LogP contribution in [0.5, 0.6) is 0 Å². The van der Waals surface area contributed by atoms with Gasteiger partial charge in [0.15, 0.2) is 0 Å². The Morgan fingerprint density at radius 1 is 1.20 bits per heavy atom. The summed E-state index contributed by atoms with van der Waals surface area (Å²) in [4.78, 5) is 0. The van der Waals surface area contributed by atoms with E-state index < -0.39 is 0 Å². The van der Waals surface area contributed by atoms with E-state index in [2.05, 4.69) is 26.1 Å². The van der Waals surface area contributed by atoms with Crippen molar-refractivity contribution in [1.82, 2.24) is 5.32 Å². The van der Waals surface area contributed by atoms with Gasteiger partial charge in [-0.1, -0.05) is 13.8 Å². The zero-order chi connectivity index (χ0) is 11.7. The molecule has 15 heavy (non-hydrogen) atoms. The minimum absolute atomic E-state index is 0.0592. The molecule has 1 N–H and O–H groups in total. The lowest BCUT2D eigenvalue weighted by atomic mass is 10.0. The van der Waals surface area contributed by atoms with Gasteiger partial charge in [-0.05, 0) is 33.7 Å². The SMILES string of the molecule is CCNCC(C)(CC)OCCOC(C)C. The highest BCUT2D eigenvalue weighted by Gasteiger charge is 2.21. The number of hydrogen-bond acceptors (Lipinski definition) is 3. The molecule has 0 amide bonds. The van der Waals surface area contributed by atoms with Crippen LogP contribution in [-0.2, 0) is 9.47 Å². The van der Waals surface area contributed by atoms with E-state index in [4.69, 9.17) is 9.47 Å². The van der Waals surface area contributed by atoms with Gasteiger partial charge in [-0.3, -0.25) is 0 Å². The van der Waals surface area contributed by atoms with Gasteiger partial charge in [-0.15, -0.1) is 0 Å². The number of likely N-dealkylation sites (N-methyl/N-ethyl adjacent to an activating group) is 1. The van der Waals surface area contributed by atoms with Gasteiger partial charge in [0.1, 0.15) is 0 Å². The molecule has 0 aliphatic rings. The Labute approximate surface area is 94.5 Å². The van der Waals surface area contributed by atoms with E-state index in [0.29, 0.717) is 13.2 Å². The van der Waals surface area contributed by atoms with Crippen molar-refractivity contribution in [3.8, 4) is 0 Å². The molecular formula is C12H27NO2. The topological polar surface area (TPSA) is 30.5 Å². The average Bonchev–Trinajstić information content (AvgIpc) is 2.21. The molecule has 0 aromatic rings. The van der Waals surface area contributed by atoms with Crippen LogP contribution in [0.15, 0.2) is 0 Å².